The highest BCUT2D eigenvalue weighted by atomic mass is 16.2. The van der Waals surface area contributed by atoms with Crippen LogP contribution in [-0.2, 0) is 4.79 Å². The van der Waals surface area contributed by atoms with Crippen molar-refractivity contribution in [2.24, 2.45) is 11.7 Å². The molecule has 0 aromatic heterocycles. The van der Waals surface area contributed by atoms with E-state index in [4.69, 9.17) is 5.73 Å². The number of hydrogen-bond donors (Lipinski definition) is 2. The zero-order valence-corrected chi connectivity index (χ0v) is 11.3. The number of carbonyl (C=O) groups excluding carboxylic acids is 1. The summed E-state index contributed by atoms with van der Waals surface area (Å²) in [5, 5.41) is 2.95. The van der Waals surface area contributed by atoms with Crippen LogP contribution in [0.3, 0.4) is 0 Å². The maximum Gasteiger partial charge on any atom is 0.234 e. The molecule has 0 saturated carbocycles. The minimum atomic E-state index is 0.113. The van der Waals surface area contributed by atoms with Crippen molar-refractivity contribution >= 4 is 5.91 Å². The molecule has 1 amide bonds. The van der Waals surface area contributed by atoms with E-state index in [9.17, 15) is 4.79 Å². The van der Waals surface area contributed by atoms with Crippen molar-refractivity contribution in [2.45, 2.75) is 19.9 Å². The summed E-state index contributed by atoms with van der Waals surface area (Å²) in [6.45, 7) is 8.91. The van der Waals surface area contributed by atoms with E-state index in [0.717, 1.165) is 26.2 Å². The molecule has 0 aliphatic carbocycles. The molecular weight excluding hydrogens is 216 g/mol. The molecule has 0 aromatic carbocycles. The van der Waals surface area contributed by atoms with Crippen molar-refractivity contribution in [1.82, 2.24) is 15.1 Å². The molecule has 3 N–H and O–H groups in total. The number of carbonyl (C=O) groups is 1. The van der Waals surface area contributed by atoms with Gasteiger partial charge in [0.1, 0.15) is 0 Å². The Balaban J connectivity index is 2.36. The van der Waals surface area contributed by atoms with Crippen LogP contribution in [0.25, 0.3) is 0 Å². The van der Waals surface area contributed by atoms with Crippen molar-refractivity contribution in [1.29, 1.82) is 0 Å². The Morgan fingerprint density at radius 3 is 2.76 bits per heavy atom. The minimum Gasteiger partial charge on any atom is -0.355 e. The molecule has 1 saturated heterocycles. The molecule has 0 bridgehead atoms. The lowest BCUT2D eigenvalue weighted by Gasteiger charge is -2.39. The minimum absolute atomic E-state index is 0.113. The van der Waals surface area contributed by atoms with E-state index < -0.39 is 0 Å². The number of nitrogens with one attached hydrogen (secondary N) is 1. The van der Waals surface area contributed by atoms with Crippen LogP contribution in [0, 0.1) is 5.92 Å². The van der Waals surface area contributed by atoms with Crippen molar-refractivity contribution in [2.75, 3.05) is 46.3 Å². The molecule has 5 nitrogen and oxygen atoms in total. The maximum atomic E-state index is 11.8. The molecule has 1 heterocycles. The Morgan fingerprint density at radius 1 is 1.47 bits per heavy atom. The average molecular weight is 242 g/mol. The lowest BCUT2D eigenvalue weighted by molar-refractivity contribution is -0.123. The lowest BCUT2D eigenvalue weighted by Crippen LogP contribution is -2.57. The van der Waals surface area contributed by atoms with E-state index in [1.807, 2.05) is 0 Å². The number of piperazine rings is 1. The Labute approximate surface area is 104 Å². The molecule has 5 heteroatoms. The van der Waals surface area contributed by atoms with Gasteiger partial charge in [0.25, 0.3) is 0 Å². The average Bonchev–Trinajstić information content (AvgIpc) is 2.28. The van der Waals surface area contributed by atoms with E-state index in [0.29, 0.717) is 25.0 Å². The third-order valence-electron chi connectivity index (χ3n) is 3.13. The van der Waals surface area contributed by atoms with Gasteiger partial charge in [-0.15, -0.1) is 0 Å². The Hall–Kier alpha value is -0.650. The predicted octanol–water partition coefficient (Wildman–Crippen LogP) is -0.667. The fourth-order valence-electron chi connectivity index (χ4n) is 2.04. The summed E-state index contributed by atoms with van der Waals surface area (Å²) in [6, 6.07) is 0.304. The van der Waals surface area contributed by atoms with Gasteiger partial charge in [0, 0.05) is 38.8 Å². The van der Waals surface area contributed by atoms with E-state index in [2.05, 4.69) is 36.0 Å². The van der Waals surface area contributed by atoms with E-state index in [-0.39, 0.29) is 5.91 Å². The quantitative estimate of drug-likeness (QED) is 0.671. The highest BCUT2D eigenvalue weighted by Gasteiger charge is 2.25. The van der Waals surface area contributed by atoms with Gasteiger partial charge in [-0.25, -0.2) is 0 Å². The van der Waals surface area contributed by atoms with Crippen molar-refractivity contribution < 1.29 is 4.79 Å². The van der Waals surface area contributed by atoms with Gasteiger partial charge in [0.15, 0.2) is 0 Å². The van der Waals surface area contributed by atoms with Gasteiger partial charge in [0.05, 0.1) is 6.54 Å². The van der Waals surface area contributed by atoms with Crippen LogP contribution in [0.1, 0.15) is 13.8 Å². The molecule has 1 aliphatic heterocycles. The van der Waals surface area contributed by atoms with Crippen molar-refractivity contribution in [3.05, 3.63) is 0 Å². The molecule has 100 valence electrons. The summed E-state index contributed by atoms with van der Waals surface area (Å²) in [4.78, 5) is 16.2. The second-order valence-electron chi connectivity index (χ2n) is 5.32. The van der Waals surface area contributed by atoms with Gasteiger partial charge in [-0.2, -0.15) is 0 Å². The predicted molar refractivity (Wildman–Crippen MR) is 69.8 cm³/mol. The number of hydrogen-bond acceptors (Lipinski definition) is 4. The van der Waals surface area contributed by atoms with Crippen LogP contribution >= 0.6 is 0 Å². The van der Waals surface area contributed by atoms with E-state index in [1.54, 1.807) is 0 Å². The highest BCUT2D eigenvalue weighted by molar-refractivity contribution is 5.78. The third-order valence-corrected chi connectivity index (χ3v) is 3.13. The Bertz CT molecular complexity index is 245. The summed E-state index contributed by atoms with van der Waals surface area (Å²) in [5.74, 6) is 0.610. The zero-order chi connectivity index (χ0) is 12.8. The van der Waals surface area contributed by atoms with Crippen LogP contribution in [0.4, 0.5) is 0 Å². The summed E-state index contributed by atoms with van der Waals surface area (Å²) in [7, 11) is 2.10. The van der Waals surface area contributed by atoms with Crippen LogP contribution in [0.15, 0.2) is 0 Å². The van der Waals surface area contributed by atoms with Gasteiger partial charge < -0.3 is 16.0 Å². The van der Waals surface area contributed by atoms with Gasteiger partial charge in [0.2, 0.25) is 5.91 Å². The number of nitrogens with zero attached hydrogens (tertiary/aromatic N) is 2. The summed E-state index contributed by atoms with van der Waals surface area (Å²) >= 11 is 0. The number of nitrogens with two attached hydrogens (primary N) is 1. The molecule has 1 rings (SSSR count). The summed E-state index contributed by atoms with van der Waals surface area (Å²) in [5.41, 5.74) is 5.75. The highest BCUT2D eigenvalue weighted by Crippen LogP contribution is 2.06. The largest absolute Gasteiger partial charge is 0.355 e. The van der Waals surface area contributed by atoms with Crippen LogP contribution in [0.2, 0.25) is 0 Å². The van der Waals surface area contributed by atoms with E-state index in [1.165, 1.54) is 0 Å². The van der Waals surface area contributed by atoms with Crippen LogP contribution in [-0.4, -0.2) is 68.1 Å². The first-order valence-corrected chi connectivity index (χ1v) is 6.42. The lowest BCUT2D eigenvalue weighted by atomic mass is 10.1. The zero-order valence-electron chi connectivity index (χ0n) is 11.3. The molecule has 0 aromatic rings. The smallest absolute Gasteiger partial charge is 0.234 e. The maximum absolute atomic E-state index is 11.8. The second kappa shape index (κ2) is 6.93. The molecule has 1 aliphatic rings. The summed E-state index contributed by atoms with van der Waals surface area (Å²) in [6.07, 6.45) is 0. The molecule has 17 heavy (non-hydrogen) atoms. The summed E-state index contributed by atoms with van der Waals surface area (Å²) < 4.78 is 0. The Morgan fingerprint density at radius 2 is 2.18 bits per heavy atom. The number of likely N-dealkylation sites (N-methyl/N-ethyl adjacent to an activating group) is 1. The van der Waals surface area contributed by atoms with Crippen LogP contribution in [0.5, 0.6) is 0 Å². The number of rotatable bonds is 5. The monoisotopic (exact) mass is 242 g/mol. The second-order valence-corrected chi connectivity index (χ2v) is 5.32. The fourth-order valence-corrected chi connectivity index (χ4v) is 2.04. The van der Waals surface area contributed by atoms with Gasteiger partial charge in [-0.05, 0) is 13.0 Å². The molecule has 1 atom stereocenters. The molecule has 0 radical (unpaired) electrons. The van der Waals surface area contributed by atoms with Gasteiger partial charge in [-0.1, -0.05) is 13.8 Å². The molecule has 1 fully saturated rings. The SMILES string of the molecule is CC(C)CNC(=O)CN1CCN(C)CC1CN. The van der Waals surface area contributed by atoms with Gasteiger partial charge in [-0.3, -0.25) is 9.69 Å². The van der Waals surface area contributed by atoms with Crippen molar-refractivity contribution in [3.8, 4) is 0 Å². The normalized spacial score (nSPS) is 23.0. The molecule has 1 unspecified atom stereocenters. The fraction of sp³-hybridized carbons (Fsp3) is 0.917. The first-order valence-electron chi connectivity index (χ1n) is 6.42. The topological polar surface area (TPSA) is 61.6 Å². The van der Waals surface area contributed by atoms with Crippen LogP contribution < -0.4 is 11.1 Å². The Kier molecular flexibility index (Phi) is 5.88. The first kappa shape index (κ1) is 14.4. The van der Waals surface area contributed by atoms with Gasteiger partial charge >= 0.3 is 0 Å². The standard InChI is InChI=1S/C12H26N4O/c1-10(2)7-14-12(17)9-16-5-4-15(3)8-11(16)6-13/h10-11H,4-9,13H2,1-3H3,(H,14,17). The molecular formula is C12H26N4O. The third kappa shape index (κ3) is 5.02. The van der Waals surface area contributed by atoms with Crippen molar-refractivity contribution in [3.63, 3.8) is 0 Å². The number of amides is 1. The molecule has 0 spiro atoms. The van der Waals surface area contributed by atoms with E-state index >= 15 is 0 Å². The first-order chi connectivity index (χ1) is 8.02.